The van der Waals surface area contributed by atoms with Crippen LogP contribution in [0, 0.1) is 5.82 Å². The van der Waals surface area contributed by atoms with E-state index in [0.717, 1.165) is 10.3 Å². The summed E-state index contributed by atoms with van der Waals surface area (Å²) in [5, 5.41) is 0.271. The third-order valence-corrected chi connectivity index (χ3v) is 5.86. The molecule has 1 amide bonds. The van der Waals surface area contributed by atoms with Gasteiger partial charge in [-0.05, 0) is 30.3 Å². The Morgan fingerprint density at radius 1 is 1.00 bits per heavy atom. The quantitative estimate of drug-likeness (QED) is 0.605. The zero-order valence-corrected chi connectivity index (χ0v) is 18.5. The lowest BCUT2D eigenvalue weighted by Crippen LogP contribution is -2.49. The fourth-order valence-corrected chi connectivity index (χ4v) is 4.01. The first-order valence-corrected chi connectivity index (χ1v) is 10.6. The van der Waals surface area contributed by atoms with E-state index in [4.69, 9.17) is 9.47 Å². The maximum absolute atomic E-state index is 13.1. The summed E-state index contributed by atoms with van der Waals surface area (Å²) in [6, 6.07) is 9.31. The SMILES string of the molecule is COc1cc2[nH]c(=O)n(CCC(=O)N3CCN(c4ccc(F)cc4)CC3)c(=O)c2cc1OC. The van der Waals surface area contributed by atoms with Crippen LogP contribution in [0.5, 0.6) is 11.5 Å². The molecule has 1 aromatic heterocycles. The molecule has 0 aliphatic carbocycles. The summed E-state index contributed by atoms with van der Waals surface area (Å²) < 4.78 is 24.6. The predicted molar refractivity (Wildman–Crippen MR) is 122 cm³/mol. The number of benzene rings is 2. The lowest BCUT2D eigenvalue weighted by atomic mass is 10.2. The lowest BCUT2D eigenvalue weighted by molar-refractivity contribution is -0.131. The molecule has 9 nitrogen and oxygen atoms in total. The second-order valence-corrected chi connectivity index (χ2v) is 7.73. The van der Waals surface area contributed by atoms with E-state index < -0.39 is 11.2 Å². The Hall–Kier alpha value is -3.82. The molecule has 0 unspecified atom stereocenters. The van der Waals surface area contributed by atoms with Gasteiger partial charge < -0.3 is 24.3 Å². The van der Waals surface area contributed by atoms with Gasteiger partial charge in [0.2, 0.25) is 5.91 Å². The summed E-state index contributed by atoms with van der Waals surface area (Å²) in [4.78, 5) is 44.6. The first kappa shape index (κ1) is 22.4. The largest absolute Gasteiger partial charge is 0.493 e. The van der Waals surface area contributed by atoms with Gasteiger partial charge in [0.1, 0.15) is 5.82 Å². The number of aromatic amines is 1. The highest BCUT2D eigenvalue weighted by molar-refractivity contribution is 5.81. The van der Waals surface area contributed by atoms with E-state index in [1.165, 1.54) is 38.5 Å². The van der Waals surface area contributed by atoms with Crippen molar-refractivity contribution in [3.05, 3.63) is 63.1 Å². The minimum Gasteiger partial charge on any atom is -0.493 e. The summed E-state index contributed by atoms with van der Waals surface area (Å²) in [7, 11) is 2.93. The van der Waals surface area contributed by atoms with E-state index in [2.05, 4.69) is 9.88 Å². The fourth-order valence-electron chi connectivity index (χ4n) is 4.01. The number of rotatable bonds is 6. The highest BCUT2D eigenvalue weighted by Gasteiger charge is 2.22. The molecule has 2 heterocycles. The average molecular weight is 456 g/mol. The van der Waals surface area contributed by atoms with Gasteiger partial charge in [-0.1, -0.05) is 0 Å². The zero-order valence-electron chi connectivity index (χ0n) is 18.5. The van der Waals surface area contributed by atoms with Gasteiger partial charge in [0, 0.05) is 50.9 Å². The Kier molecular flexibility index (Phi) is 6.34. The van der Waals surface area contributed by atoms with Crippen LogP contribution in [0.4, 0.5) is 10.1 Å². The monoisotopic (exact) mass is 456 g/mol. The number of amides is 1. The summed E-state index contributed by atoms with van der Waals surface area (Å²) in [5.74, 6) is 0.347. The van der Waals surface area contributed by atoms with E-state index >= 15 is 0 Å². The smallest absolute Gasteiger partial charge is 0.328 e. The van der Waals surface area contributed by atoms with Gasteiger partial charge in [0.25, 0.3) is 5.56 Å². The molecule has 1 fully saturated rings. The Balaban J connectivity index is 1.44. The van der Waals surface area contributed by atoms with Crippen LogP contribution in [-0.2, 0) is 11.3 Å². The molecule has 2 aromatic carbocycles. The normalized spacial score (nSPS) is 13.9. The fraction of sp³-hybridized carbons (Fsp3) is 0.348. The minimum atomic E-state index is -0.589. The van der Waals surface area contributed by atoms with Gasteiger partial charge in [0.15, 0.2) is 11.5 Å². The molecule has 174 valence electrons. The van der Waals surface area contributed by atoms with E-state index in [1.54, 1.807) is 17.0 Å². The second kappa shape index (κ2) is 9.35. The molecule has 10 heteroatoms. The Morgan fingerprint density at radius 3 is 2.27 bits per heavy atom. The molecule has 1 N–H and O–H groups in total. The van der Waals surface area contributed by atoms with Crippen molar-refractivity contribution in [2.45, 2.75) is 13.0 Å². The molecule has 33 heavy (non-hydrogen) atoms. The van der Waals surface area contributed by atoms with Crippen molar-refractivity contribution in [3.63, 3.8) is 0 Å². The van der Waals surface area contributed by atoms with Gasteiger partial charge in [-0.25, -0.2) is 9.18 Å². The summed E-state index contributed by atoms with van der Waals surface area (Å²) in [6.07, 6.45) is 0.0261. The maximum atomic E-state index is 13.1. The number of anilines is 1. The summed E-state index contributed by atoms with van der Waals surface area (Å²) >= 11 is 0. The highest BCUT2D eigenvalue weighted by atomic mass is 19.1. The van der Waals surface area contributed by atoms with Gasteiger partial charge >= 0.3 is 5.69 Å². The first-order chi connectivity index (χ1) is 15.9. The zero-order chi connectivity index (χ0) is 23.5. The molecule has 4 rings (SSSR count). The number of piperazine rings is 1. The van der Waals surface area contributed by atoms with Crippen molar-refractivity contribution in [1.29, 1.82) is 0 Å². The molecular formula is C23H25FN4O5. The lowest BCUT2D eigenvalue weighted by Gasteiger charge is -2.36. The minimum absolute atomic E-state index is 0.0261. The van der Waals surface area contributed by atoms with Crippen molar-refractivity contribution in [2.75, 3.05) is 45.3 Å². The number of carbonyl (C=O) groups excluding carboxylic acids is 1. The highest BCUT2D eigenvalue weighted by Crippen LogP contribution is 2.29. The molecule has 0 spiro atoms. The molecule has 0 radical (unpaired) electrons. The average Bonchev–Trinajstić information content (AvgIpc) is 2.83. The number of nitrogens with one attached hydrogen (secondary N) is 1. The van der Waals surface area contributed by atoms with Gasteiger partial charge in [-0.3, -0.25) is 14.2 Å². The Morgan fingerprint density at radius 2 is 1.64 bits per heavy atom. The van der Waals surface area contributed by atoms with E-state index in [-0.39, 0.29) is 30.1 Å². The summed E-state index contributed by atoms with van der Waals surface area (Å²) in [5.41, 5.74) is 0.157. The predicted octanol–water partition coefficient (Wildman–Crippen LogP) is 1.58. The summed E-state index contributed by atoms with van der Waals surface area (Å²) in [6.45, 7) is 2.23. The number of hydrogen-bond acceptors (Lipinski definition) is 6. The van der Waals surface area contributed by atoms with Gasteiger partial charge in [-0.2, -0.15) is 0 Å². The molecule has 0 saturated carbocycles. The van der Waals surface area contributed by atoms with Gasteiger partial charge in [-0.15, -0.1) is 0 Å². The van der Waals surface area contributed by atoms with E-state index in [0.29, 0.717) is 43.2 Å². The van der Waals surface area contributed by atoms with Gasteiger partial charge in [0.05, 0.1) is 25.1 Å². The van der Waals surface area contributed by atoms with Crippen molar-refractivity contribution in [1.82, 2.24) is 14.5 Å². The molecule has 1 saturated heterocycles. The molecule has 0 atom stereocenters. The Bertz CT molecular complexity index is 1280. The number of halogens is 1. The number of nitrogens with zero attached hydrogens (tertiary/aromatic N) is 3. The van der Waals surface area contributed by atoms with Crippen molar-refractivity contribution in [3.8, 4) is 11.5 Å². The molecule has 1 aliphatic rings. The van der Waals surface area contributed by atoms with Crippen LogP contribution in [0.3, 0.4) is 0 Å². The topological polar surface area (TPSA) is 96.9 Å². The number of ether oxygens (including phenoxy) is 2. The molecule has 3 aromatic rings. The third-order valence-electron chi connectivity index (χ3n) is 5.86. The number of aromatic nitrogens is 2. The van der Waals surface area contributed by atoms with Crippen LogP contribution in [0.15, 0.2) is 46.0 Å². The first-order valence-electron chi connectivity index (χ1n) is 10.6. The van der Waals surface area contributed by atoms with Crippen LogP contribution >= 0.6 is 0 Å². The number of H-pyrrole nitrogens is 1. The molecular weight excluding hydrogens is 431 g/mol. The number of fused-ring (bicyclic) bond motifs is 1. The molecule has 0 bridgehead atoms. The second-order valence-electron chi connectivity index (χ2n) is 7.73. The van der Waals surface area contributed by atoms with Crippen LogP contribution in [0.25, 0.3) is 10.9 Å². The van der Waals surface area contributed by atoms with Crippen LogP contribution in [0.2, 0.25) is 0 Å². The number of hydrogen-bond donors (Lipinski definition) is 1. The number of carbonyl (C=O) groups is 1. The maximum Gasteiger partial charge on any atom is 0.328 e. The van der Waals surface area contributed by atoms with Crippen molar-refractivity contribution >= 4 is 22.5 Å². The standard InChI is InChI=1S/C23H25FN4O5/c1-32-19-13-17-18(14-20(19)33-2)25-23(31)28(22(17)30)8-7-21(29)27-11-9-26(10-12-27)16-5-3-15(24)4-6-16/h3-6,13-14H,7-12H2,1-2H3,(H,25,31). The van der Waals surface area contributed by atoms with Crippen LogP contribution < -0.4 is 25.6 Å². The number of methoxy groups -OCH3 is 2. The van der Waals surface area contributed by atoms with Crippen LogP contribution in [0.1, 0.15) is 6.42 Å². The van der Waals surface area contributed by atoms with Crippen molar-refractivity contribution < 1.29 is 18.7 Å². The van der Waals surface area contributed by atoms with E-state index in [1.807, 2.05) is 0 Å². The third kappa shape index (κ3) is 4.55. The van der Waals surface area contributed by atoms with Crippen molar-refractivity contribution in [2.24, 2.45) is 0 Å². The Labute approximate surface area is 188 Å². The molecule has 1 aliphatic heterocycles. The van der Waals surface area contributed by atoms with E-state index in [9.17, 15) is 18.8 Å². The van der Waals surface area contributed by atoms with Crippen LogP contribution in [-0.4, -0.2) is 60.8 Å².